The summed E-state index contributed by atoms with van der Waals surface area (Å²) >= 11 is 7.65. The Balaban J connectivity index is 1.45. The molecule has 1 N–H and O–H groups in total. The van der Waals surface area contributed by atoms with Crippen LogP contribution in [0.1, 0.15) is 40.3 Å². The predicted octanol–water partition coefficient (Wildman–Crippen LogP) is 3.83. The zero-order chi connectivity index (χ0) is 22.0. The largest absolute Gasteiger partial charge is 0.492 e. The van der Waals surface area contributed by atoms with E-state index < -0.39 is 0 Å². The first-order valence-corrected chi connectivity index (χ1v) is 11.9. The first kappa shape index (κ1) is 20.0. The first-order valence-electron chi connectivity index (χ1n) is 10.7. The molecule has 164 valence electrons. The number of benzene rings is 1. The highest BCUT2D eigenvalue weighted by atomic mass is 35.5. The minimum atomic E-state index is -0.145. The third-order valence-corrected chi connectivity index (χ3v) is 7.94. The van der Waals surface area contributed by atoms with Gasteiger partial charge in [0.2, 0.25) is 10.8 Å². The summed E-state index contributed by atoms with van der Waals surface area (Å²) in [5.41, 5.74) is 2.26. The van der Waals surface area contributed by atoms with Crippen molar-refractivity contribution in [3.05, 3.63) is 79.8 Å². The van der Waals surface area contributed by atoms with E-state index in [1.165, 1.54) is 15.9 Å². The van der Waals surface area contributed by atoms with Crippen molar-refractivity contribution >= 4 is 27.9 Å². The van der Waals surface area contributed by atoms with E-state index >= 15 is 0 Å². The van der Waals surface area contributed by atoms with Gasteiger partial charge in [0.25, 0.3) is 5.56 Å². The molecule has 0 radical (unpaired) electrons. The number of likely N-dealkylation sites (tertiary alicyclic amines) is 1. The quantitative estimate of drug-likeness (QED) is 0.495. The Labute approximate surface area is 193 Å². The predicted molar refractivity (Wildman–Crippen MR) is 124 cm³/mol. The molecule has 5 heterocycles. The summed E-state index contributed by atoms with van der Waals surface area (Å²) in [7, 11) is 0. The van der Waals surface area contributed by atoms with Crippen LogP contribution in [0.4, 0.5) is 0 Å². The van der Waals surface area contributed by atoms with Crippen LogP contribution >= 0.6 is 22.9 Å². The smallest absolute Gasteiger partial charge is 0.250 e. The molecule has 6 rings (SSSR count). The van der Waals surface area contributed by atoms with Gasteiger partial charge in [-0.25, -0.2) is 4.98 Å². The number of aromatic hydroxyl groups is 1. The number of fused-ring (bicyclic) bond motifs is 5. The molecule has 1 fully saturated rings. The number of thiazole rings is 1. The average Bonchev–Trinajstić information content (AvgIpc) is 3.28. The van der Waals surface area contributed by atoms with Crippen LogP contribution in [0, 0.1) is 12.8 Å². The fourth-order valence-corrected chi connectivity index (χ4v) is 6.63. The van der Waals surface area contributed by atoms with E-state index in [1.54, 1.807) is 6.07 Å². The van der Waals surface area contributed by atoms with Crippen molar-refractivity contribution in [1.29, 1.82) is 0 Å². The lowest BCUT2D eigenvalue weighted by atomic mass is 9.82. The normalized spacial score (nSPS) is 21.6. The molecule has 3 atom stereocenters. The van der Waals surface area contributed by atoms with Gasteiger partial charge in [-0.1, -0.05) is 41.1 Å². The van der Waals surface area contributed by atoms with Crippen molar-refractivity contribution in [3.8, 4) is 5.88 Å². The number of piperidine rings is 1. The summed E-state index contributed by atoms with van der Waals surface area (Å²) in [6.07, 6.45) is 1.08. The lowest BCUT2D eigenvalue weighted by Gasteiger charge is -2.45. The standard InChI is InChI=1S/C23H22ClN5O2S/c1-13-25-23-29(26-13)22(31)21(32-23)20(15-5-7-17(24)8-6-15)27-10-14-9-16(12-27)18-3-2-4-19(30)28(18)11-14/h2-8,14,16,20,31H,9-12H2,1H3. The van der Waals surface area contributed by atoms with Crippen LogP contribution in [0.5, 0.6) is 5.88 Å². The second-order valence-electron chi connectivity index (χ2n) is 8.75. The fourth-order valence-electron chi connectivity index (χ4n) is 5.34. The summed E-state index contributed by atoms with van der Waals surface area (Å²) in [6.45, 7) is 4.20. The van der Waals surface area contributed by atoms with Gasteiger partial charge in [-0.2, -0.15) is 4.52 Å². The van der Waals surface area contributed by atoms with E-state index in [2.05, 4.69) is 21.0 Å². The Morgan fingerprint density at radius 3 is 2.75 bits per heavy atom. The van der Waals surface area contributed by atoms with Gasteiger partial charge in [-0.15, -0.1) is 5.10 Å². The van der Waals surface area contributed by atoms with Crippen LogP contribution in [0.15, 0.2) is 47.3 Å². The summed E-state index contributed by atoms with van der Waals surface area (Å²) < 4.78 is 3.47. The Morgan fingerprint density at radius 2 is 1.97 bits per heavy atom. The number of hydrogen-bond donors (Lipinski definition) is 1. The molecule has 32 heavy (non-hydrogen) atoms. The van der Waals surface area contributed by atoms with Crippen molar-refractivity contribution in [2.45, 2.75) is 31.8 Å². The van der Waals surface area contributed by atoms with Crippen LogP contribution in [0.25, 0.3) is 4.96 Å². The number of pyridine rings is 1. The van der Waals surface area contributed by atoms with E-state index in [0.29, 0.717) is 21.7 Å². The molecule has 0 aliphatic carbocycles. The molecule has 7 nitrogen and oxygen atoms in total. The van der Waals surface area contributed by atoms with Gasteiger partial charge in [0, 0.05) is 42.3 Å². The number of hydrogen-bond acceptors (Lipinski definition) is 6. The minimum absolute atomic E-state index is 0.0819. The van der Waals surface area contributed by atoms with Crippen molar-refractivity contribution in [2.75, 3.05) is 13.1 Å². The van der Waals surface area contributed by atoms with E-state index in [0.717, 1.165) is 42.2 Å². The lowest BCUT2D eigenvalue weighted by molar-refractivity contribution is 0.0952. The average molecular weight is 468 g/mol. The second kappa shape index (κ2) is 7.43. The third kappa shape index (κ3) is 3.17. The number of aryl methyl sites for hydroxylation is 1. The molecular weight excluding hydrogens is 446 g/mol. The molecule has 2 aliphatic heterocycles. The molecule has 2 bridgehead atoms. The molecule has 3 unspecified atom stereocenters. The molecule has 4 aromatic rings. The molecule has 0 spiro atoms. The molecule has 3 aromatic heterocycles. The van der Waals surface area contributed by atoms with Crippen LogP contribution < -0.4 is 5.56 Å². The number of halogens is 1. The van der Waals surface area contributed by atoms with Crippen LogP contribution in [-0.4, -0.2) is 42.3 Å². The second-order valence-corrected chi connectivity index (χ2v) is 10.2. The topological polar surface area (TPSA) is 75.7 Å². The van der Waals surface area contributed by atoms with Crippen LogP contribution in [-0.2, 0) is 6.54 Å². The number of aromatic nitrogens is 4. The molecular formula is C23H22ClN5O2S. The minimum Gasteiger partial charge on any atom is -0.492 e. The van der Waals surface area contributed by atoms with E-state index in [1.807, 2.05) is 41.8 Å². The Bertz CT molecular complexity index is 1380. The summed E-state index contributed by atoms with van der Waals surface area (Å²) in [5, 5.41) is 16.1. The van der Waals surface area contributed by atoms with Gasteiger partial charge in [0.15, 0.2) is 0 Å². The molecule has 1 aromatic carbocycles. The van der Waals surface area contributed by atoms with Crippen LogP contribution in [0.2, 0.25) is 5.02 Å². The van der Waals surface area contributed by atoms with E-state index in [9.17, 15) is 9.90 Å². The first-order chi connectivity index (χ1) is 15.5. The summed E-state index contributed by atoms with van der Waals surface area (Å²) in [5.74, 6) is 1.43. The van der Waals surface area contributed by atoms with Crippen molar-refractivity contribution < 1.29 is 5.11 Å². The van der Waals surface area contributed by atoms with Gasteiger partial charge in [0.1, 0.15) is 5.82 Å². The van der Waals surface area contributed by atoms with Crippen LogP contribution in [0.3, 0.4) is 0 Å². The van der Waals surface area contributed by atoms with Crippen molar-refractivity contribution in [1.82, 2.24) is 24.1 Å². The fraction of sp³-hybridized carbons (Fsp3) is 0.348. The van der Waals surface area contributed by atoms with Crippen molar-refractivity contribution in [3.63, 3.8) is 0 Å². The molecule has 9 heteroatoms. The maximum Gasteiger partial charge on any atom is 0.250 e. The maximum atomic E-state index is 12.4. The van der Waals surface area contributed by atoms with Gasteiger partial charge >= 0.3 is 0 Å². The Kier molecular flexibility index (Phi) is 4.64. The van der Waals surface area contributed by atoms with Gasteiger partial charge in [-0.05, 0) is 43.0 Å². The monoisotopic (exact) mass is 467 g/mol. The molecule has 0 amide bonds. The molecule has 0 saturated carbocycles. The lowest BCUT2D eigenvalue weighted by Crippen LogP contribution is -2.48. The van der Waals surface area contributed by atoms with Gasteiger partial charge in [-0.3, -0.25) is 9.69 Å². The highest BCUT2D eigenvalue weighted by molar-refractivity contribution is 7.17. The molecule has 2 aliphatic rings. The summed E-state index contributed by atoms with van der Waals surface area (Å²) in [4.78, 5) is 20.8. The van der Waals surface area contributed by atoms with Crippen molar-refractivity contribution in [2.24, 2.45) is 5.92 Å². The summed E-state index contributed by atoms with van der Waals surface area (Å²) in [6, 6.07) is 13.3. The van der Waals surface area contributed by atoms with E-state index in [4.69, 9.17) is 11.6 Å². The van der Waals surface area contributed by atoms with Gasteiger partial charge in [0.05, 0.1) is 10.9 Å². The molecule has 1 saturated heterocycles. The van der Waals surface area contributed by atoms with E-state index in [-0.39, 0.29) is 23.4 Å². The Morgan fingerprint density at radius 1 is 1.16 bits per heavy atom. The number of rotatable bonds is 3. The SMILES string of the molecule is Cc1nc2sc(C(c3ccc(Cl)cc3)N3CC4CC(C3)c3cccc(=O)n3C4)c(O)n2n1. The van der Waals surface area contributed by atoms with Gasteiger partial charge < -0.3 is 9.67 Å². The third-order valence-electron chi connectivity index (χ3n) is 6.61. The maximum absolute atomic E-state index is 12.4. The zero-order valence-electron chi connectivity index (χ0n) is 17.5. The number of nitrogens with zero attached hydrogens (tertiary/aromatic N) is 5. The highest BCUT2D eigenvalue weighted by Crippen LogP contribution is 2.44. The zero-order valence-corrected chi connectivity index (χ0v) is 19.1. The highest BCUT2D eigenvalue weighted by Gasteiger charge is 2.39. The Hall–Kier alpha value is -2.68.